The summed E-state index contributed by atoms with van der Waals surface area (Å²) in [5, 5.41) is 4.88. The van der Waals surface area contributed by atoms with Gasteiger partial charge in [-0.2, -0.15) is 0 Å². The number of nitrogens with one attached hydrogen (secondary N) is 1. The molecule has 1 N–H and O–H groups in total. The molecule has 3 aromatic rings. The second-order valence-electron chi connectivity index (χ2n) is 8.48. The number of piperidine rings is 1. The molecule has 1 fully saturated rings. The largest absolute Gasteiger partial charge is 0.486 e. The van der Waals surface area contributed by atoms with E-state index >= 15 is 0 Å². The van der Waals surface area contributed by atoms with Crippen LogP contribution in [0.4, 0.5) is 0 Å². The predicted molar refractivity (Wildman–Crippen MR) is 121 cm³/mol. The van der Waals surface area contributed by atoms with Gasteiger partial charge in [-0.1, -0.05) is 66.5 Å². The predicted octanol–water partition coefficient (Wildman–Crippen LogP) is 6.73. The van der Waals surface area contributed by atoms with E-state index in [9.17, 15) is 0 Å². The molecule has 0 radical (unpaired) electrons. The molecule has 0 saturated carbocycles. The number of hydrogen-bond donors (Lipinski definition) is 1. The van der Waals surface area contributed by atoms with Crippen LogP contribution in [0.1, 0.15) is 25.8 Å². The second-order valence-corrected chi connectivity index (χ2v) is 9.33. The van der Waals surface area contributed by atoms with Crippen LogP contribution in [0.2, 0.25) is 10.0 Å². The standard InChI is InChI=1S/C25H23Cl2NO/c1-24-15-28-11-10-25(24,2)29-23-20(16-6-4-3-5-7-16)12-17(13-21(23)24)19-9-8-18(26)14-22(19)27/h3-9,12-14,28H,10-11,15H2,1-2H3/t24-,25-/m0/s1. The first-order valence-corrected chi connectivity index (χ1v) is 10.8. The van der Waals surface area contributed by atoms with Gasteiger partial charge in [0.05, 0.1) is 0 Å². The van der Waals surface area contributed by atoms with Gasteiger partial charge in [0, 0.05) is 45.1 Å². The zero-order valence-corrected chi connectivity index (χ0v) is 18.1. The van der Waals surface area contributed by atoms with E-state index in [-0.39, 0.29) is 11.0 Å². The summed E-state index contributed by atoms with van der Waals surface area (Å²) in [7, 11) is 0. The van der Waals surface area contributed by atoms with Gasteiger partial charge in [0.1, 0.15) is 11.4 Å². The fourth-order valence-electron chi connectivity index (χ4n) is 4.76. The SMILES string of the molecule is C[C@@]12CNCC[C@]1(C)Oc1c(-c3ccccc3)cc(-c3ccc(Cl)cc3Cl)cc12. The Kier molecular flexibility index (Phi) is 4.43. The molecular formula is C25H23Cl2NO. The first-order valence-electron chi connectivity index (χ1n) is 10.0. The fourth-order valence-corrected chi connectivity index (χ4v) is 5.27. The van der Waals surface area contributed by atoms with E-state index < -0.39 is 0 Å². The van der Waals surface area contributed by atoms with E-state index in [0.717, 1.165) is 47.5 Å². The van der Waals surface area contributed by atoms with Crippen molar-refractivity contribution in [3.05, 3.63) is 76.3 Å². The lowest BCUT2D eigenvalue weighted by atomic mass is 9.67. The zero-order valence-electron chi connectivity index (χ0n) is 16.6. The van der Waals surface area contributed by atoms with Crippen molar-refractivity contribution >= 4 is 23.2 Å². The lowest BCUT2D eigenvalue weighted by molar-refractivity contribution is 0.0167. The Hall–Kier alpha value is -2.00. The maximum atomic E-state index is 6.73. The zero-order chi connectivity index (χ0) is 20.2. The minimum Gasteiger partial charge on any atom is -0.486 e. The number of fused-ring (bicyclic) bond motifs is 3. The molecule has 5 rings (SSSR count). The number of rotatable bonds is 2. The van der Waals surface area contributed by atoms with Crippen LogP contribution in [0.5, 0.6) is 5.75 Å². The monoisotopic (exact) mass is 423 g/mol. The van der Waals surface area contributed by atoms with Crippen LogP contribution in [0, 0.1) is 0 Å². The average molecular weight is 424 g/mol. The smallest absolute Gasteiger partial charge is 0.131 e. The molecule has 2 atom stereocenters. The molecule has 0 spiro atoms. The number of hydrogen-bond acceptors (Lipinski definition) is 2. The quantitative estimate of drug-likeness (QED) is 0.493. The second kappa shape index (κ2) is 6.77. The van der Waals surface area contributed by atoms with Crippen LogP contribution in [0.3, 0.4) is 0 Å². The van der Waals surface area contributed by atoms with E-state index in [1.165, 1.54) is 5.56 Å². The summed E-state index contributed by atoms with van der Waals surface area (Å²) < 4.78 is 6.73. The molecule has 3 aromatic carbocycles. The van der Waals surface area contributed by atoms with Crippen molar-refractivity contribution in [3.63, 3.8) is 0 Å². The molecule has 2 heterocycles. The minimum absolute atomic E-state index is 0.112. The summed E-state index contributed by atoms with van der Waals surface area (Å²) >= 11 is 12.7. The highest BCUT2D eigenvalue weighted by Crippen LogP contribution is 2.56. The lowest BCUT2D eigenvalue weighted by Gasteiger charge is -2.44. The minimum atomic E-state index is -0.230. The van der Waals surface area contributed by atoms with E-state index in [2.05, 4.69) is 55.6 Å². The van der Waals surface area contributed by atoms with Crippen molar-refractivity contribution in [2.24, 2.45) is 0 Å². The molecule has 0 bridgehead atoms. The molecular weight excluding hydrogens is 401 g/mol. The molecule has 2 aliphatic rings. The summed E-state index contributed by atoms with van der Waals surface area (Å²) in [6.07, 6.45) is 0.976. The maximum absolute atomic E-state index is 6.73. The van der Waals surface area contributed by atoms with E-state index in [1.54, 1.807) is 6.07 Å². The summed E-state index contributed by atoms with van der Waals surface area (Å²) in [6, 6.07) is 20.6. The molecule has 1 saturated heterocycles. The number of ether oxygens (including phenoxy) is 1. The number of benzene rings is 3. The fraction of sp³-hybridized carbons (Fsp3) is 0.280. The molecule has 2 nitrogen and oxygen atoms in total. The third-order valence-electron chi connectivity index (χ3n) is 6.76. The lowest BCUT2D eigenvalue weighted by Crippen LogP contribution is -2.58. The Labute approximate surface area is 181 Å². The van der Waals surface area contributed by atoms with Gasteiger partial charge in [-0.25, -0.2) is 0 Å². The summed E-state index contributed by atoms with van der Waals surface area (Å²) in [5.74, 6) is 0.999. The Morgan fingerprint density at radius 3 is 2.45 bits per heavy atom. The van der Waals surface area contributed by atoms with Crippen LogP contribution in [0.25, 0.3) is 22.3 Å². The van der Waals surface area contributed by atoms with Crippen LogP contribution in [0.15, 0.2) is 60.7 Å². The third kappa shape index (κ3) is 2.89. The van der Waals surface area contributed by atoms with Crippen molar-refractivity contribution in [3.8, 4) is 28.0 Å². The summed E-state index contributed by atoms with van der Waals surface area (Å²) in [4.78, 5) is 0. The molecule has 29 heavy (non-hydrogen) atoms. The first-order chi connectivity index (χ1) is 13.9. The highest BCUT2D eigenvalue weighted by atomic mass is 35.5. The summed E-state index contributed by atoms with van der Waals surface area (Å²) in [5.41, 5.74) is 5.23. The van der Waals surface area contributed by atoms with Gasteiger partial charge in [0.2, 0.25) is 0 Å². The van der Waals surface area contributed by atoms with Crippen molar-refractivity contribution in [1.82, 2.24) is 5.32 Å². The van der Waals surface area contributed by atoms with Crippen molar-refractivity contribution in [1.29, 1.82) is 0 Å². The molecule has 0 aromatic heterocycles. The van der Waals surface area contributed by atoms with Crippen LogP contribution in [-0.4, -0.2) is 18.7 Å². The first kappa shape index (κ1) is 19.0. The van der Waals surface area contributed by atoms with E-state index in [1.807, 2.05) is 18.2 Å². The summed E-state index contributed by atoms with van der Waals surface area (Å²) in [6.45, 7) is 6.42. The van der Waals surface area contributed by atoms with Gasteiger partial charge in [-0.05, 0) is 48.9 Å². The third-order valence-corrected chi connectivity index (χ3v) is 7.31. The van der Waals surface area contributed by atoms with Gasteiger partial charge in [-0.3, -0.25) is 0 Å². The van der Waals surface area contributed by atoms with Gasteiger partial charge in [-0.15, -0.1) is 0 Å². The van der Waals surface area contributed by atoms with Gasteiger partial charge in [0.25, 0.3) is 0 Å². The van der Waals surface area contributed by atoms with Crippen LogP contribution >= 0.6 is 23.2 Å². The van der Waals surface area contributed by atoms with Gasteiger partial charge >= 0.3 is 0 Å². The van der Waals surface area contributed by atoms with Crippen LogP contribution < -0.4 is 10.1 Å². The molecule has 0 amide bonds. The Balaban J connectivity index is 1.79. The average Bonchev–Trinajstić information content (AvgIpc) is 2.95. The number of halogens is 2. The van der Waals surface area contributed by atoms with Crippen LogP contribution in [-0.2, 0) is 5.41 Å². The normalized spacial score (nSPS) is 25.2. The Morgan fingerprint density at radius 1 is 0.897 bits per heavy atom. The van der Waals surface area contributed by atoms with E-state index in [4.69, 9.17) is 27.9 Å². The van der Waals surface area contributed by atoms with Crippen molar-refractivity contribution in [2.75, 3.05) is 13.1 Å². The highest BCUT2D eigenvalue weighted by molar-refractivity contribution is 6.36. The van der Waals surface area contributed by atoms with E-state index in [0.29, 0.717) is 10.0 Å². The molecule has 0 aliphatic carbocycles. The highest BCUT2D eigenvalue weighted by Gasteiger charge is 2.56. The topological polar surface area (TPSA) is 21.3 Å². The maximum Gasteiger partial charge on any atom is 0.131 e. The van der Waals surface area contributed by atoms with Crippen molar-refractivity contribution in [2.45, 2.75) is 31.3 Å². The molecule has 4 heteroatoms. The van der Waals surface area contributed by atoms with Gasteiger partial charge in [0.15, 0.2) is 0 Å². The molecule has 0 unspecified atom stereocenters. The van der Waals surface area contributed by atoms with Crippen molar-refractivity contribution < 1.29 is 4.74 Å². The molecule has 148 valence electrons. The Bertz CT molecular complexity index is 1100. The molecule has 2 aliphatic heterocycles. The Morgan fingerprint density at radius 2 is 1.69 bits per heavy atom. The van der Waals surface area contributed by atoms with Gasteiger partial charge < -0.3 is 10.1 Å².